The molecule has 1 amide bonds. The van der Waals surface area contributed by atoms with Crippen molar-refractivity contribution < 1.29 is 30.1 Å². The van der Waals surface area contributed by atoms with Gasteiger partial charge in [0.15, 0.2) is 0 Å². The van der Waals surface area contributed by atoms with Crippen molar-refractivity contribution in [1.29, 1.82) is 0 Å². The minimum atomic E-state index is -0.431. The number of carbonyl (C=O) groups excluding carboxylic acids is 1. The van der Waals surface area contributed by atoms with Crippen molar-refractivity contribution in [2.24, 2.45) is 4.99 Å². The van der Waals surface area contributed by atoms with Crippen LogP contribution in [0, 0.1) is 0 Å². The van der Waals surface area contributed by atoms with E-state index in [1.165, 1.54) is 7.11 Å². The van der Waals surface area contributed by atoms with E-state index in [9.17, 15) is 4.79 Å². The van der Waals surface area contributed by atoms with Gasteiger partial charge in [0.1, 0.15) is 0 Å². The van der Waals surface area contributed by atoms with Crippen LogP contribution in [0.2, 0.25) is 0 Å². The summed E-state index contributed by atoms with van der Waals surface area (Å²) in [5.74, 6) is -0.431. The fraction of sp³-hybridized carbons (Fsp3) is 0.385. The largest absolute Gasteiger partial charge is 2.00 e. The van der Waals surface area contributed by atoms with Gasteiger partial charge in [-0.15, -0.1) is 17.7 Å². The van der Waals surface area contributed by atoms with Crippen molar-refractivity contribution in [2.45, 2.75) is 26.3 Å². The van der Waals surface area contributed by atoms with Crippen LogP contribution in [-0.2, 0) is 25.3 Å². The first-order chi connectivity index (χ1) is 7.94. The second-order valence-electron chi connectivity index (χ2n) is 4.52. The molecule has 0 atom stereocenters. The molecule has 1 rings (SSSR count). The maximum absolute atomic E-state index is 11.6. The summed E-state index contributed by atoms with van der Waals surface area (Å²) < 4.78 is 0. The van der Waals surface area contributed by atoms with E-state index in [0.29, 0.717) is 11.1 Å². The number of rotatable bonds is 3. The van der Waals surface area contributed by atoms with Gasteiger partial charge in [-0.1, -0.05) is 12.3 Å². The minimum absolute atomic E-state index is 0. The van der Waals surface area contributed by atoms with Crippen LogP contribution in [0.1, 0.15) is 36.7 Å². The molecule has 0 saturated carbocycles. The summed E-state index contributed by atoms with van der Waals surface area (Å²) in [6.07, 6.45) is 2.88. The van der Waals surface area contributed by atoms with Crippen LogP contribution in [0.4, 0.5) is 0 Å². The number of hydrogen-bond donors (Lipinski definition) is 0. The Bertz CT molecular complexity index is 425. The number of aliphatic imine (C=N–C) groups is 1. The Balaban J connectivity index is 0.00000289. The third-order valence-electron chi connectivity index (χ3n) is 1.84. The predicted octanol–water partition coefficient (Wildman–Crippen LogP) is 2.85. The third-order valence-corrected chi connectivity index (χ3v) is 1.84. The molecule has 0 aliphatic carbocycles. The van der Waals surface area contributed by atoms with E-state index < -0.39 is 5.91 Å². The molecule has 0 aliphatic heterocycles. The predicted molar refractivity (Wildman–Crippen MR) is 67.4 cm³/mol. The molecule has 0 aliphatic rings. The van der Waals surface area contributed by atoms with Crippen LogP contribution in [0.25, 0.3) is 5.48 Å². The standard InChI is InChI=1S/C13H17N2O2.Pd/c1-13(2,3)14-9-10-7-5-6-8-11(10)12(16)15-17-4;/h5-8H,1-4H3,(H,15,16);/q-1;+2/p-1. The second kappa shape index (κ2) is 7.42. The molecule has 0 aromatic heterocycles. The molecule has 0 bridgehead atoms. The minimum Gasteiger partial charge on any atom is -0.538 e. The Labute approximate surface area is 121 Å². The van der Waals surface area contributed by atoms with Gasteiger partial charge in [0.2, 0.25) is 0 Å². The van der Waals surface area contributed by atoms with Gasteiger partial charge in [-0.3, -0.25) is 0 Å². The number of carbonyl (C=O) groups is 1. The van der Waals surface area contributed by atoms with Gasteiger partial charge in [0.25, 0.3) is 0 Å². The maximum Gasteiger partial charge on any atom is 2.00 e. The smallest absolute Gasteiger partial charge is 0.538 e. The molecule has 0 fully saturated rings. The zero-order valence-electron chi connectivity index (χ0n) is 10.8. The summed E-state index contributed by atoms with van der Waals surface area (Å²) >= 11 is 0. The Kier molecular flexibility index (Phi) is 7.00. The van der Waals surface area contributed by atoms with Crippen molar-refractivity contribution in [3.63, 3.8) is 0 Å². The van der Waals surface area contributed by atoms with Gasteiger partial charge < -0.3 is 20.1 Å². The first-order valence-corrected chi connectivity index (χ1v) is 5.29. The van der Waals surface area contributed by atoms with E-state index in [1.807, 2.05) is 26.8 Å². The molecule has 1 aromatic rings. The number of hydroxylamine groups is 1. The van der Waals surface area contributed by atoms with Crippen molar-refractivity contribution in [2.75, 3.05) is 7.11 Å². The number of amides is 1. The fourth-order valence-electron chi connectivity index (χ4n) is 1.13. The van der Waals surface area contributed by atoms with Crippen molar-refractivity contribution in [3.8, 4) is 0 Å². The summed E-state index contributed by atoms with van der Waals surface area (Å²) in [6.45, 7) is 5.89. The molecule has 0 saturated heterocycles. The van der Waals surface area contributed by atoms with Crippen LogP contribution in [0.15, 0.2) is 29.3 Å². The molecular formula is C13H16N2O2Pd. The van der Waals surface area contributed by atoms with E-state index in [-0.39, 0.29) is 26.0 Å². The Hall–Kier alpha value is -1.02. The fourth-order valence-corrected chi connectivity index (χ4v) is 1.13. The molecule has 100 valence electrons. The monoisotopic (exact) mass is 338 g/mol. The average molecular weight is 339 g/mol. The summed E-state index contributed by atoms with van der Waals surface area (Å²) in [6, 6.07) is 7.03. The maximum atomic E-state index is 11.6. The molecular weight excluding hydrogens is 323 g/mol. The molecule has 0 N–H and O–H groups in total. The van der Waals surface area contributed by atoms with E-state index in [2.05, 4.69) is 21.5 Å². The molecule has 0 spiro atoms. The van der Waals surface area contributed by atoms with Crippen molar-refractivity contribution in [3.05, 3.63) is 40.9 Å². The van der Waals surface area contributed by atoms with E-state index in [1.54, 1.807) is 18.2 Å². The summed E-state index contributed by atoms with van der Waals surface area (Å²) in [5.41, 5.74) is 4.20. The van der Waals surface area contributed by atoms with Crippen molar-refractivity contribution in [1.82, 2.24) is 0 Å². The van der Waals surface area contributed by atoms with Crippen LogP contribution < -0.4 is 0 Å². The van der Waals surface area contributed by atoms with Gasteiger partial charge in [-0.2, -0.15) is 11.6 Å². The van der Waals surface area contributed by atoms with E-state index in [0.717, 1.165) is 0 Å². The number of nitrogens with zero attached hydrogens (tertiary/aromatic N) is 2. The van der Waals surface area contributed by atoms with Gasteiger partial charge in [-0.25, -0.2) is 0 Å². The Morgan fingerprint density at radius 2 is 1.94 bits per heavy atom. The molecule has 5 heteroatoms. The topological polar surface area (TPSA) is 52.8 Å². The zero-order valence-corrected chi connectivity index (χ0v) is 12.4. The third kappa shape index (κ3) is 5.55. The van der Waals surface area contributed by atoms with Crippen LogP contribution >= 0.6 is 0 Å². The Morgan fingerprint density at radius 1 is 1.33 bits per heavy atom. The first-order valence-electron chi connectivity index (χ1n) is 5.29. The van der Waals surface area contributed by atoms with Gasteiger partial charge in [-0.05, 0) is 20.8 Å². The molecule has 0 radical (unpaired) electrons. The molecule has 18 heavy (non-hydrogen) atoms. The Morgan fingerprint density at radius 3 is 2.50 bits per heavy atom. The van der Waals surface area contributed by atoms with E-state index >= 15 is 0 Å². The number of hydrogen-bond acceptors (Lipinski definition) is 3. The quantitative estimate of drug-likeness (QED) is 0.368. The number of benzene rings is 1. The van der Waals surface area contributed by atoms with Gasteiger partial charge >= 0.3 is 20.4 Å². The zero-order chi connectivity index (χ0) is 12.9. The van der Waals surface area contributed by atoms with Crippen molar-refractivity contribution >= 4 is 12.1 Å². The SMILES string of the molecule is CO[N-]C(=O)c1ccccc1[C-]=NC(C)(C)C.[Pd+2]. The summed E-state index contributed by atoms with van der Waals surface area (Å²) in [4.78, 5) is 20.3. The summed E-state index contributed by atoms with van der Waals surface area (Å²) in [7, 11) is 1.34. The molecule has 1 aromatic carbocycles. The van der Waals surface area contributed by atoms with E-state index in [4.69, 9.17) is 0 Å². The first kappa shape index (κ1) is 17.0. The average Bonchev–Trinajstić information content (AvgIpc) is 2.26. The second-order valence-corrected chi connectivity index (χ2v) is 4.52. The normalized spacial score (nSPS) is 11.1. The van der Waals surface area contributed by atoms with Crippen LogP contribution in [0.3, 0.4) is 0 Å². The van der Waals surface area contributed by atoms with Crippen LogP contribution in [0.5, 0.6) is 0 Å². The molecule has 0 unspecified atom stereocenters. The molecule has 0 heterocycles. The van der Waals surface area contributed by atoms with Crippen LogP contribution in [-0.4, -0.2) is 24.8 Å². The van der Waals surface area contributed by atoms with Gasteiger partial charge in [0, 0.05) is 18.6 Å². The summed E-state index contributed by atoms with van der Waals surface area (Å²) in [5, 5.41) is 0. The molecule has 4 nitrogen and oxygen atoms in total. The van der Waals surface area contributed by atoms with Gasteiger partial charge in [0.05, 0.1) is 0 Å².